The van der Waals surface area contributed by atoms with Gasteiger partial charge in [0.05, 0.1) is 6.54 Å². The normalized spacial score (nSPS) is 15.1. The molecule has 0 bridgehead atoms. The lowest BCUT2D eigenvalue weighted by molar-refractivity contribution is -0.274. The highest BCUT2D eigenvalue weighted by Gasteiger charge is 2.31. The maximum atomic E-state index is 12.5. The Morgan fingerprint density at radius 2 is 1.48 bits per heavy atom. The quantitative estimate of drug-likeness (QED) is 0.225. The van der Waals surface area contributed by atoms with Gasteiger partial charge in [-0.05, 0) is 83.5 Å². The highest BCUT2D eigenvalue weighted by molar-refractivity contribution is 5.95. The third kappa shape index (κ3) is 9.10. The molecule has 1 aliphatic rings. The molecule has 0 heterocycles. The number of aliphatic carboxylic acids is 1. The van der Waals surface area contributed by atoms with Gasteiger partial charge in [-0.25, -0.2) is 4.79 Å². The lowest BCUT2D eigenvalue weighted by Gasteiger charge is -2.22. The van der Waals surface area contributed by atoms with Crippen molar-refractivity contribution in [2.24, 2.45) is 0 Å². The van der Waals surface area contributed by atoms with Crippen LogP contribution in [-0.4, -0.2) is 47.7 Å². The zero-order valence-electron chi connectivity index (χ0n) is 22.8. The van der Waals surface area contributed by atoms with Crippen molar-refractivity contribution in [3.05, 3.63) is 95.1 Å². The van der Waals surface area contributed by atoms with Gasteiger partial charge in [-0.1, -0.05) is 55.7 Å². The second-order valence-electron chi connectivity index (χ2n) is 10.1. The van der Waals surface area contributed by atoms with Crippen LogP contribution in [0.1, 0.15) is 65.1 Å². The van der Waals surface area contributed by atoms with Gasteiger partial charge >= 0.3 is 12.3 Å². The second-order valence-corrected chi connectivity index (χ2v) is 10.1. The summed E-state index contributed by atoms with van der Waals surface area (Å²) in [6.45, 7) is -0.297. The van der Waals surface area contributed by atoms with E-state index in [1.54, 1.807) is 24.3 Å². The molecule has 0 spiro atoms. The molecule has 10 heteroatoms. The summed E-state index contributed by atoms with van der Waals surface area (Å²) >= 11 is 0. The van der Waals surface area contributed by atoms with Gasteiger partial charge in [0.1, 0.15) is 18.1 Å². The van der Waals surface area contributed by atoms with Gasteiger partial charge in [-0.3, -0.25) is 4.79 Å². The third-order valence-electron chi connectivity index (χ3n) is 7.06. The van der Waals surface area contributed by atoms with E-state index >= 15 is 0 Å². The lowest BCUT2D eigenvalue weighted by Crippen LogP contribution is -2.36. The number of carboxylic acid groups (broad SMARTS) is 1. The Hall–Kier alpha value is -4.31. The molecule has 42 heavy (non-hydrogen) atoms. The van der Waals surface area contributed by atoms with E-state index in [4.69, 9.17) is 9.84 Å². The first-order valence-electron chi connectivity index (χ1n) is 13.7. The Kier molecular flexibility index (Phi) is 10.2. The summed E-state index contributed by atoms with van der Waals surface area (Å²) in [6.07, 6.45) is 1.50. The van der Waals surface area contributed by atoms with E-state index in [9.17, 15) is 27.9 Å². The summed E-state index contributed by atoms with van der Waals surface area (Å²) in [7, 11) is 0. The Balaban J connectivity index is 1.51. The molecule has 1 amide bonds. The zero-order valence-corrected chi connectivity index (χ0v) is 22.8. The van der Waals surface area contributed by atoms with E-state index in [0.717, 1.165) is 16.7 Å². The minimum atomic E-state index is -4.78. The van der Waals surface area contributed by atoms with Crippen molar-refractivity contribution in [1.82, 2.24) is 5.32 Å². The van der Waals surface area contributed by atoms with Crippen LogP contribution in [0.3, 0.4) is 0 Å². The Labute approximate surface area is 241 Å². The van der Waals surface area contributed by atoms with Gasteiger partial charge in [0.25, 0.3) is 5.91 Å². The summed E-state index contributed by atoms with van der Waals surface area (Å²) in [5, 5.41) is 20.5. The molecule has 0 unspecified atom stereocenters. The monoisotopic (exact) mass is 583 g/mol. The number of carboxylic acids is 1. The number of amides is 1. The summed E-state index contributed by atoms with van der Waals surface area (Å²) in [5.41, 5.74) is 4.07. The minimum Gasteiger partial charge on any atom is -0.489 e. The minimum absolute atomic E-state index is 0.123. The number of nitrogens with one attached hydrogen (secondary N) is 1. The van der Waals surface area contributed by atoms with Crippen LogP contribution in [0, 0.1) is 0 Å². The maximum absolute atomic E-state index is 12.5. The average molecular weight is 584 g/mol. The van der Waals surface area contributed by atoms with Crippen LogP contribution in [0.4, 0.5) is 13.2 Å². The van der Waals surface area contributed by atoms with E-state index in [0.29, 0.717) is 17.2 Å². The molecule has 1 aliphatic carbocycles. The molecular formula is C32H32F3NO6. The van der Waals surface area contributed by atoms with Crippen LogP contribution >= 0.6 is 0 Å². The summed E-state index contributed by atoms with van der Waals surface area (Å²) in [6, 6.07) is 20.1. The maximum Gasteiger partial charge on any atom is 0.573 e. The van der Waals surface area contributed by atoms with Crippen LogP contribution in [0.25, 0.3) is 11.6 Å². The molecular weight excluding hydrogens is 551 g/mol. The number of aliphatic hydroxyl groups excluding tert-OH is 1. The van der Waals surface area contributed by atoms with Crippen molar-refractivity contribution in [2.45, 2.75) is 50.5 Å². The topological polar surface area (TPSA) is 105 Å². The van der Waals surface area contributed by atoms with Crippen LogP contribution in [0.15, 0.2) is 72.8 Å². The fraction of sp³-hybridized carbons (Fsp3) is 0.312. The van der Waals surface area contributed by atoms with E-state index in [1.165, 1.54) is 61.9 Å². The van der Waals surface area contributed by atoms with E-state index < -0.39 is 30.9 Å². The highest BCUT2D eigenvalue weighted by Crippen LogP contribution is 2.33. The van der Waals surface area contributed by atoms with Crippen molar-refractivity contribution >= 4 is 23.5 Å². The molecule has 3 aromatic carbocycles. The fourth-order valence-corrected chi connectivity index (χ4v) is 4.82. The molecule has 0 aromatic heterocycles. The van der Waals surface area contributed by atoms with Gasteiger partial charge in [0, 0.05) is 5.56 Å². The number of rotatable bonds is 11. The standard InChI is InChI=1S/C32H32F3NO6/c33-32(34,35)42-28-16-14-27(15-17-28)41-20-26(24-12-10-23(11-13-24)22-4-2-1-3-5-22)18-21-6-8-25(9-7-21)30(38)36-19-29(37)31(39)40/h6-18,22,29,37H,1-5,19-20H2,(H,36,38)(H,39,40)/b26-18+/t29-/m1/s1. The number of hydrogen-bond donors (Lipinski definition) is 3. The highest BCUT2D eigenvalue weighted by atomic mass is 19.4. The predicted molar refractivity (Wildman–Crippen MR) is 151 cm³/mol. The number of carbonyl (C=O) groups is 2. The Bertz CT molecular complexity index is 1360. The van der Waals surface area contributed by atoms with Gasteiger partial charge in [-0.2, -0.15) is 0 Å². The van der Waals surface area contributed by atoms with Crippen LogP contribution < -0.4 is 14.8 Å². The summed E-state index contributed by atoms with van der Waals surface area (Å²) < 4.78 is 47.3. The molecule has 4 rings (SSSR count). The smallest absolute Gasteiger partial charge is 0.489 e. The number of hydrogen-bond acceptors (Lipinski definition) is 5. The van der Waals surface area contributed by atoms with E-state index in [-0.39, 0.29) is 12.4 Å². The molecule has 3 N–H and O–H groups in total. The number of carbonyl (C=O) groups excluding carboxylic acids is 1. The molecule has 7 nitrogen and oxygen atoms in total. The molecule has 1 atom stereocenters. The van der Waals surface area contributed by atoms with Crippen LogP contribution in [0.2, 0.25) is 0 Å². The van der Waals surface area contributed by atoms with Gasteiger partial charge in [0.15, 0.2) is 6.10 Å². The van der Waals surface area contributed by atoms with Crippen LogP contribution in [0.5, 0.6) is 11.5 Å². The average Bonchev–Trinajstić information content (AvgIpc) is 2.98. The number of aliphatic hydroxyl groups is 1. The number of alkyl halides is 3. The molecule has 1 fully saturated rings. The first-order chi connectivity index (χ1) is 20.1. The second kappa shape index (κ2) is 14.0. The summed E-state index contributed by atoms with van der Waals surface area (Å²) in [5.74, 6) is -1.38. The van der Waals surface area contributed by atoms with Crippen molar-refractivity contribution in [3.63, 3.8) is 0 Å². The molecule has 0 radical (unpaired) electrons. The molecule has 1 saturated carbocycles. The summed E-state index contributed by atoms with van der Waals surface area (Å²) in [4.78, 5) is 23.1. The third-order valence-corrected chi connectivity index (χ3v) is 7.06. The molecule has 222 valence electrons. The number of halogens is 3. The van der Waals surface area contributed by atoms with E-state index in [1.807, 2.05) is 18.2 Å². The van der Waals surface area contributed by atoms with Crippen molar-refractivity contribution in [3.8, 4) is 11.5 Å². The molecule has 3 aromatic rings. The number of benzene rings is 3. The lowest BCUT2D eigenvalue weighted by atomic mass is 9.83. The largest absolute Gasteiger partial charge is 0.573 e. The Morgan fingerprint density at radius 3 is 2.07 bits per heavy atom. The van der Waals surface area contributed by atoms with Gasteiger partial charge in [-0.15, -0.1) is 13.2 Å². The van der Waals surface area contributed by atoms with Crippen molar-refractivity contribution in [1.29, 1.82) is 0 Å². The van der Waals surface area contributed by atoms with Gasteiger partial charge in [0.2, 0.25) is 0 Å². The zero-order chi connectivity index (χ0) is 30.1. The predicted octanol–water partition coefficient (Wildman–Crippen LogP) is 6.43. The SMILES string of the molecule is O=C(NC[C@@H](O)C(=O)O)c1ccc(/C=C(\COc2ccc(OC(F)(F)F)cc2)c2ccc(C3CCCCC3)cc2)cc1. The van der Waals surface area contributed by atoms with E-state index in [2.05, 4.69) is 22.2 Å². The fourth-order valence-electron chi connectivity index (χ4n) is 4.82. The van der Waals surface area contributed by atoms with Crippen molar-refractivity contribution in [2.75, 3.05) is 13.2 Å². The molecule has 0 saturated heterocycles. The van der Waals surface area contributed by atoms with Crippen LogP contribution in [-0.2, 0) is 4.79 Å². The first-order valence-corrected chi connectivity index (χ1v) is 13.7. The first kappa shape index (κ1) is 30.6. The number of ether oxygens (including phenoxy) is 2. The molecule has 0 aliphatic heterocycles. The van der Waals surface area contributed by atoms with Crippen molar-refractivity contribution < 1.29 is 42.4 Å². The Morgan fingerprint density at radius 1 is 0.881 bits per heavy atom. The van der Waals surface area contributed by atoms with Gasteiger partial charge < -0.3 is 25.0 Å².